The van der Waals surface area contributed by atoms with Crippen molar-refractivity contribution in [3.8, 4) is 11.1 Å². The molecule has 0 bridgehead atoms. The van der Waals surface area contributed by atoms with E-state index in [1.165, 1.54) is 26.0 Å². The number of amides is 1. The first-order valence-electron chi connectivity index (χ1n) is 6.79. The van der Waals surface area contributed by atoms with Crippen molar-refractivity contribution in [1.82, 2.24) is 0 Å². The van der Waals surface area contributed by atoms with Gasteiger partial charge in [0.1, 0.15) is 0 Å². The predicted molar refractivity (Wildman–Crippen MR) is 84.8 cm³/mol. The molecule has 0 saturated carbocycles. The molecule has 0 aliphatic carbocycles. The molecular weight excluding hydrogens is 298 g/mol. The Balaban J connectivity index is 2.72. The summed E-state index contributed by atoms with van der Waals surface area (Å²) in [5.74, 6) is -2.69. The number of aromatic carboxylic acids is 2. The van der Waals surface area contributed by atoms with Crippen LogP contribution in [-0.2, 0) is 4.79 Å². The fraction of sp³-hybridized carbons (Fsp3) is 0.118. The molecule has 3 N–H and O–H groups in total. The van der Waals surface area contributed by atoms with Crippen LogP contribution >= 0.6 is 0 Å². The Kier molecular flexibility index (Phi) is 4.45. The maximum absolute atomic E-state index is 11.4. The van der Waals surface area contributed by atoms with E-state index < -0.39 is 11.9 Å². The van der Waals surface area contributed by atoms with Crippen molar-refractivity contribution in [2.75, 3.05) is 5.32 Å². The van der Waals surface area contributed by atoms with Crippen molar-refractivity contribution in [1.29, 1.82) is 0 Å². The third-order valence-electron chi connectivity index (χ3n) is 3.42. The van der Waals surface area contributed by atoms with Crippen molar-refractivity contribution in [3.63, 3.8) is 0 Å². The summed E-state index contributed by atoms with van der Waals surface area (Å²) in [5.41, 5.74) is 1.46. The summed E-state index contributed by atoms with van der Waals surface area (Å²) >= 11 is 0. The lowest BCUT2D eigenvalue weighted by Crippen LogP contribution is -2.09. The highest BCUT2D eigenvalue weighted by atomic mass is 16.4. The molecule has 0 aromatic heterocycles. The average molecular weight is 313 g/mol. The number of benzene rings is 2. The first-order valence-corrected chi connectivity index (χ1v) is 6.79. The van der Waals surface area contributed by atoms with E-state index in [1.807, 2.05) is 0 Å². The van der Waals surface area contributed by atoms with Crippen LogP contribution in [0.3, 0.4) is 0 Å². The minimum absolute atomic E-state index is 0.0856. The van der Waals surface area contributed by atoms with Gasteiger partial charge in [-0.1, -0.05) is 18.2 Å². The molecule has 0 unspecified atom stereocenters. The summed E-state index contributed by atoms with van der Waals surface area (Å²) in [6, 6.07) is 9.61. The third kappa shape index (κ3) is 3.37. The van der Waals surface area contributed by atoms with E-state index in [4.69, 9.17) is 0 Å². The molecule has 2 aromatic carbocycles. The number of hydrogen-bond acceptors (Lipinski definition) is 3. The monoisotopic (exact) mass is 313 g/mol. The van der Waals surface area contributed by atoms with Gasteiger partial charge in [0.2, 0.25) is 5.91 Å². The number of anilines is 1. The van der Waals surface area contributed by atoms with Crippen LogP contribution in [0.4, 0.5) is 5.69 Å². The number of hydrogen-bond donors (Lipinski definition) is 3. The number of para-hydroxylation sites is 1. The summed E-state index contributed by atoms with van der Waals surface area (Å²) < 4.78 is 0. The van der Waals surface area contributed by atoms with Gasteiger partial charge in [-0.25, -0.2) is 9.59 Å². The van der Waals surface area contributed by atoms with Crippen LogP contribution < -0.4 is 5.32 Å². The zero-order chi connectivity index (χ0) is 17.1. The number of carbonyl (C=O) groups is 3. The lowest BCUT2D eigenvalue weighted by atomic mass is 9.94. The zero-order valence-electron chi connectivity index (χ0n) is 12.6. The third-order valence-corrected chi connectivity index (χ3v) is 3.42. The number of carboxylic acid groups (broad SMARTS) is 2. The van der Waals surface area contributed by atoms with Gasteiger partial charge >= 0.3 is 11.9 Å². The first kappa shape index (κ1) is 16.2. The van der Waals surface area contributed by atoms with Gasteiger partial charge in [-0.3, -0.25) is 4.79 Å². The molecule has 23 heavy (non-hydrogen) atoms. The normalized spacial score (nSPS) is 10.2. The molecule has 2 aromatic rings. The van der Waals surface area contributed by atoms with Gasteiger partial charge in [-0.2, -0.15) is 0 Å². The smallest absolute Gasteiger partial charge is 0.335 e. The Morgan fingerprint density at radius 3 is 1.96 bits per heavy atom. The Morgan fingerprint density at radius 2 is 1.48 bits per heavy atom. The van der Waals surface area contributed by atoms with E-state index >= 15 is 0 Å². The summed E-state index contributed by atoms with van der Waals surface area (Å²) in [5, 5.41) is 21.2. The average Bonchev–Trinajstić information content (AvgIpc) is 2.47. The molecule has 0 heterocycles. The quantitative estimate of drug-likeness (QED) is 0.805. The SMILES string of the molecule is CC(=O)Nc1ccccc1-c1cc(C(=O)O)c(C)c(C(=O)O)c1. The van der Waals surface area contributed by atoms with E-state index in [-0.39, 0.29) is 22.6 Å². The highest BCUT2D eigenvalue weighted by molar-refractivity contribution is 6.00. The number of carbonyl (C=O) groups excluding carboxylic acids is 1. The fourth-order valence-electron chi connectivity index (χ4n) is 2.35. The minimum Gasteiger partial charge on any atom is -0.478 e. The second-order valence-electron chi connectivity index (χ2n) is 5.03. The van der Waals surface area contributed by atoms with Crippen molar-refractivity contribution >= 4 is 23.5 Å². The minimum atomic E-state index is -1.20. The lowest BCUT2D eigenvalue weighted by molar-refractivity contribution is -0.114. The Labute approximate surface area is 132 Å². The van der Waals surface area contributed by atoms with Gasteiger partial charge < -0.3 is 15.5 Å². The maximum atomic E-state index is 11.4. The molecule has 1 amide bonds. The Bertz CT molecular complexity index is 775. The Hall–Kier alpha value is -3.15. The van der Waals surface area contributed by atoms with Crippen LogP contribution in [0.2, 0.25) is 0 Å². The molecule has 0 atom stereocenters. The summed E-state index contributed by atoms with van der Waals surface area (Å²) in [6.45, 7) is 2.81. The molecule has 0 spiro atoms. The van der Waals surface area contributed by atoms with E-state index in [1.54, 1.807) is 24.3 Å². The van der Waals surface area contributed by atoms with Crippen molar-refractivity contribution in [2.24, 2.45) is 0 Å². The van der Waals surface area contributed by atoms with Crippen LogP contribution in [-0.4, -0.2) is 28.1 Å². The van der Waals surface area contributed by atoms with Gasteiger partial charge in [0.15, 0.2) is 0 Å². The predicted octanol–water partition coefficient (Wildman–Crippen LogP) is 3.02. The van der Waals surface area contributed by atoms with E-state index in [9.17, 15) is 24.6 Å². The molecule has 2 rings (SSSR count). The summed E-state index contributed by atoms with van der Waals surface area (Å²) in [7, 11) is 0. The number of carboxylic acids is 2. The van der Waals surface area contributed by atoms with Gasteiger partial charge in [-0.05, 0) is 36.2 Å². The zero-order valence-corrected chi connectivity index (χ0v) is 12.6. The first-order chi connectivity index (χ1) is 10.8. The van der Waals surface area contributed by atoms with Crippen molar-refractivity contribution in [2.45, 2.75) is 13.8 Å². The van der Waals surface area contributed by atoms with E-state index in [0.717, 1.165) is 0 Å². The van der Waals surface area contributed by atoms with Crippen LogP contribution in [0.1, 0.15) is 33.2 Å². The second kappa shape index (κ2) is 6.31. The van der Waals surface area contributed by atoms with Crippen LogP contribution in [0.5, 0.6) is 0 Å². The van der Waals surface area contributed by atoms with E-state index in [2.05, 4.69) is 5.32 Å². The van der Waals surface area contributed by atoms with Crippen molar-refractivity contribution < 1.29 is 24.6 Å². The number of nitrogens with one attached hydrogen (secondary N) is 1. The molecule has 118 valence electrons. The molecule has 0 aliphatic rings. The van der Waals surface area contributed by atoms with Crippen LogP contribution in [0, 0.1) is 6.92 Å². The number of rotatable bonds is 4. The van der Waals surface area contributed by atoms with Gasteiger partial charge in [0.25, 0.3) is 0 Å². The molecule has 6 nitrogen and oxygen atoms in total. The standard InChI is InChI=1S/C17H15NO5/c1-9-13(16(20)21)7-11(8-14(9)17(22)23)12-5-3-4-6-15(12)18-10(2)19/h3-8H,1-2H3,(H,18,19)(H,20,21)(H,22,23). The van der Waals surface area contributed by atoms with Crippen LogP contribution in [0.15, 0.2) is 36.4 Å². The molecule has 0 fully saturated rings. The largest absolute Gasteiger partial charge is 0.478 e. The molecule has 0 radical (unpaired) electrons. The topological polar surface area (TPSA) is 104 Å². The highest BCUT2D eigenvalue weighted by Gasteiger charge is 2.18. The maximum Gasteiger partial charge on any atom is 0.335 e. The van der Waals surface area contributed by atoms with E-state index in [0.29, 0.717) is 16.8 Å². The molecule has 6 heteroatoms. The molecule has 0 saturated heterocycles. The summed E-state index contributed by atoms with van der Waals surface area (Å²) in [4.78, 5) is 34.1. The van der Waals surface area contributed by atoms with Gasteiger partial charge in [-0.15, -0.1) is 0 Å². The van der Waals surface area contributed by atoms with Crippen molar-refractivity contribution in [3.05, 3.63) is 53.1 Å². The molecular formula is C17H15NO5. The van der Waals surface area contributed by atoms with Gasteiger partial charge in [0.05, 0.1) is 11.1 Å². The fourth-order valence-corrected chi connectivity index (χ4v) is 2.35. The highest BCUT2D eigenvalue weighted by Crippen LogP contribution is 2.31. The Morgan fingerprint density at radius 1 is 0.957 bits per heavy atom. The summed E-state index contributed by atoms with van der Waals surface area (Å²) in [6.07, 6.45) is 0. The molecule has 0 aliphatic heterocycles. The van der Waals surface area contributed by atoms with Crippen LogP contribution in [0.25, 0.3) is 11.1 Å². The van der Waals surface area contributed by atoms with Gasteiger partial charge in [0, 0.05) is 18.2 Å². The lowest BCUT2D eigenvalue weighted by Gasteiger charge is -2.13. The second-order valence-corrected chi connectivity index (χ2v) is 5.03.